The van der Waals surface area contributed by atoms with E-state index in [0.717, 1.165) is 15.4 Å². The van der Waals surface area contributed by atoms with Gasteiger partial charge >= 0.3 is 0 Å². The van der Waals surface area contributed by atoms with Crippen molar-refractivity contribution in [3.05, 3.63) is 33.4 Å². The molecule has 64 valence electrons. The molecule has 0 aliphatic heterocycles. The minimum Gasteiger partial charge on any atom is -0.302 e. The van der Waals surface area contributed by atoms with Gasteiger partial charge < -0.3 is 4.79 Å². The maximum absolute atomic E-state index is 10.3. The predicted octanol–water partition coefficient (Wildman–Crippen LogP) is 2.64. The largest absolute Gasteiger partial charge is 0.302 e. The number of rotatable bonds is 3. The Hall–Kier alpha value is -0.0900. The van der Waals surface area contributed by atoms with Gasteiger partial charge in [0.15, 0.2) is 0 Å². The number of aldehydes is 1. The molecule has 0 fully saturated rings. The van der Waals surface area contributed by atoms with Gasteiger partial charge in [-0.3, -0.25) is 0 Å². The lowest BCUT2D eigenvalue weighted by Gasteiger charge is -2.03. The lowest BCUT2D eigenvalue weighted by molar-refractivity contribution is -0.107. The summed E-state index contributed by atoms with van der Waals surface area (Å²) in [5.41, 5.74) is 1.13. The fourth-order valence-electron chi connectivity index (χ4n) is 0.922. The molecule has 12 heavy (non-hydrogen) atoms. The molecule has 0 spiro atoms. The molecule has 1 aromatic rings. The van der Waals surface area contributed by atoms with E-state index in [2.05, 4.69) is 22.6 Å². The van der Waals surface area contributed by atoms with E-state index in [4.69, 9.17) is 11.6 Å². The molecule has 0 aliphatic rings. The van der Waals surface area contributed by atoms with Crippen molar-refractivity contribution < 1.29 is 4.79 Å². The molecule has 1 unspecified atom stereocenters. The van der Waals surface area contributed by atoms with Crippen molar-refractivity contribution in [1.29, 1.82) is 0 Å². The van der Waals surface area contributed by atoms with E-state index in [1.165, 1.54) is 0 Å². The molecule has 1 aromatic carbocycles. The monoisotopic (exact) mass is 294 g/mol. The summed E-state index contributed by atoms with van der Waals surface area (Å²) >= 11 is 7.94. The number of benzene rings is 1. The van der Waals surface area contributed by atoms with Crippen molar-refractivity contribution in [2.24, 2.45) is 0 Å². The minimum atomic E-state index is -0.402. The van der Waals surface area contributed by atoms with Gasteiger partial charge in [-0.25, -0.2) is 0 Å². The second-order valence-electron chi connectivity index (χ2n) is 2.45. The quantitative estimate of drug-likeness (QED) is 0.476. The SMILES string of the molecule is O=CC(Cl)Cc1ccccc1I. The Bertz CT molecular complexity index is 275. The molecule has 3 heteroatoms. The third-order valence-corrected chi connectivity index (χ3v) is 2.83. The maximum atomic E-state index is 10.3. The van der Waals surface area contributed by atoms with E-state index in [9.17, 15) is 4.79 Å². The van der Waals surface area contributed by atoms with Gasteiger partial charge in [0, 0.05) is 3.57 Å². The number of carbonyl (C=O) groups is 1. The van der Waals surface area contributed by atoms with Crippen LogP contribution in [-0.4, -0.2) is 11.7 Å². The number of hydrogen-bond donors (Lipinski definition) is 0. The predicted molar refractivity (Wildman–Crippen MR) is 58.6 cm³/mol. The van der Waals surface area contributed by atoms with Crippen molar-refractivity contribution in [2.45, 2.75) is 11.8 Å². The van der Waals surface area contributed by atoms with Crippen molar-refractivity contribution in [3.63, 3.8) is 0 Å². The normalized spacial score (nSPS) is 12.5. The first kappa shape index (κ1) is 9.99. The zero-order valence-electron chi connectivity index (χ0n) is 6.34. The molecule has 0 N–H and O–H groups in total. The molecule has 0 aromatic heterocycles. The van der Waals surface area contributed by atoms with Crippen LogP contribution in [-0.2, 0) is 11.2 Å². The molecule has 1 atom stereocenters. The molecule has 0 saturated carbocycles. The fourth-order valence-corrected chi connectivity index (χ4v) is 1.70. The van der Waals surface area contributed by atoms with Crippen molar-refractivity contribution in [2.75, 3.05) is 0 Å². The molecule has 0 saturated heterocycles. The molecular formula is C9H8ClIO. The first-order chi connectivity index (χ1) is 5.74. The average Bonchev–Trinajstić information content (AvgIpc) is 2.09. The smallest absolute Gasteiger partial charge is 0.138 e. The topological polar surface area (TPSA) is 17.1 Å². The van der Waals surface area contributed by atoms with E-state index < -0.39 is 5.38 Å². The molecule has 1 rings (SSSR count). The fraction of sp³-hybridized carbons (Fsp3) is 0.222. The highest BCUT2D eigenvalue weighted by atomic mass is 127. The van der Waals surface area contributed by atoms with Crippen LogP contribution in [0.5, 0.6) is 0 Å². The van der Waals surface area contributed by atoms with Crippen LogP contribution < -0.4 is 0 Å². The van der Waals surface area contributed by atoms with Crippen molar-refractivity contribution >= 4 is 40.5 Å². The Morgan fingerprint density at radius 1 is 1.50 bits per heavy atom. The Morgan fingerprint density at radius 3 is 2.75 bits per heavy atom. The van der Waals surface area contributed by atoms with Crippen LogP contribution in [0.1, 0.15) is 5.56 Å². The maximum Gasteiger partial charge on any atom is 0.138 e. The van der Waals surface area contributed by atoms with Crippen LogP contribution in [0.2, 0.25) is 0 Å². The van der Waals surface area contributed by atoms with E-state index >= 15 is 0 Å². The third kappa shape index (κ3) is 2.75. The van der Waals surface area contributed by atoms with Crippen LogP contribution in [0.3, 0.4) is 0 Å². The van der Waals surface area contributed by atoms with Gasteiger partial charge in [-0.05, 0) is 40.6 Å². The van der Waals surface area contributed by atoms with Gasteiger partial charge in [-0.2, -0.15) is 0 Å². The third-order valence-electron chi connectivity index (χ3n) is 1.52. The van der Waals surface area contributed by atoms with E-state index in [0.29, 0.717) is 6.42 Å². The second-order valence-corrected chi connectivity index (χ2v) is 4.17. The summed E-state index contributed by atoms with van der Waals surface area (Å²) in [7, 11) is 0. The van der Waals surface area contributed by atoms with E-state index in [1.54, 1.807) is 0 Å². The van der Waals surface area contributed by atoms with Crippen LogP contribution in [0.25, 0.3) is 0 Å². The van der Waals surface area contributed by atoms with Crippen LogP contribution in [0.15, 0.2) is 24.3 Å². The first-order valence-corrected chi connectivity index (χ1v) is 5.08. The van der Waals surface area contributed by atoms with Gasteiger partial charge in [0.05, 0.1) is 5.38 Å². The Morgan fingerprint density at radius 2 is 2.17 bits per heavy atom. The highest BCUT2D eigenvalue weighted by Crippen LogP contribution is 2.14. The van der Waals surface area contributed by atoms with Gasteiger partial charge in [-0.1, -0.05) is 18.2 Å². The van der Waals surface area contributed by atoms with Crippen LogP contribution in [0, 0.1) is 3.57 Å². The molecule has 0 amide bonds. The summed E-state index contributed by atoms with van der Waals surface area (Å²) in [6, 6.07) is 7.91. The average molecular weight is 295 g/mol. The molecule has 0 radical (unpaired) electrons. The van der Waals surface area contributed by atoms with Gasteiger partial charge in [-0.15, -0.1) is 11.6 Å². The number of hydrogen-bond acceptors (Lipinski definition) is 1. The van der Waals surface area contributed by atoms with E-state index in [-0.39, 0.29) is 0 Å². The molecule has 1 nitrogen and oxygen atoms in total. The summed E-state index contributed by atoms with van der Waals surface area (Å²) in [4.78, 5) is 10.3. The minimum absolute atomic E-state index is 0.402. The number of carbonyl (C=O) groups excluding carboxylic acids is 1. The number of alkyl halides is 1. The molecule has 0 heterocycles. The van der Waals surface area contributed by atoms with Crippen molar-refractivity contribution in [3.8, 4) is 0 Å². The summed E-state index contributed by atoms with van der Waals surface area (Å²) in [6.45, 7) is 0. The van der Waals surface area contributed by atoms with E-state index in [1.807, 2.05) is 24.3 Å². The van der Waals surface area contributed by atoms with Crippen LogP contribution >= 0.6 is 34.2 Å². The van der Waals surface area contributed by atoms with Gasteiger partial charge in [0.2, 0.25) is 0 Å². The first-order valence-electron chi connectivity index (χ1n) is 3.57. The lowest BCUT2D eigenvalue weighted by atomic mass is 10.1. The summed E-state index contributed by atoms with van der Waals surface area (Å²) in [5.74, 6) is 0. The number of halogens is 2. The zero-order chi connectivity index (χ0) is 8.97. The standard InChI is InChI=1S/C9H8ClIO/c10-8(6-12)5-7-3-1-2-4-9(7)11/h1-4,6,8H,5H2. The van der Waals surface area contributed by atoms with Gasteiger partial charge in [0.25, 0.3) is 0 Å². The molecule has 0 bridgehead atoms. The summed E-state index contributed by atoms with van der Waals surface area (Å²) in [6.07, 6.45) is 1.38. The van der Waals surface area contributed by atoms with Crippen molar-refractivity contribution in [1.82, 2.24) is 0 Å². The zero-order valence-corrected chi connectivity index (χ0v) is 9.25. The molecular weight excluding hydrogens is 286 g/mol. The lowest BCUT2D eigenvalue weighted by Crippen LogP contribution is -2.05. The Kier molecular flexibility index (Phi) is 4.01. The highest BCUT2D eigenvalue weighted by molar-refractivity contribution is 14.1. The summed E-state index contributed by atoms with van der Waals surface area (Å²) < 4.78 is 1.16. The Labute approximate surface area is 90.3 Å². The Balaban J connectivity index is 2.75. The van der Waals surface area contributed by atoms with Gasteiger partial charge in [0.1, 0.15) is 6.29 Å². The summed E-state index contributed by atoms with van der Waals surface area (Å²) in [5, 5.41) is -0.402. The second kappa shape index (κ2) is 4.82. The molecule has 0 aliphatic carbocycles. The van der Waals surface area contributed by atoms with Crippen LogP contribution in [0.4, 0.5) is 0 Å². The highest BCUT2D eigenvalue weighted by Gasteiger charge is 2.05.